The lowest BCUT2D eigenvalue weighted by molar-refractivity contribution is 0.0485. The van der Waals surface area contributed by atoms with Gasteiger partial charge in [0.05, 0.1) is 12.2 Å². The molecule has 1 atom stereocenters. The summed E-state index contributed by atoms with van der Waals surface area (Å²) in [6.07, 6.45) is 2.74. The summed E-state index contributed by atoms with van der Waals surface area (Å²) in [5, 5.41) is 11.1. The summed E-state index contributed by atoms with van der Waals surface area (Å²) in [4.78, 5) is 15.0. The molecule has 1 fully saturated rings. The minimum atomic E-state index is -0.290. The van der Waals surface area contributed by atoms with Crippen molar-refractivity contribution >= 4 is 11.9 Å². The smallest absolute Gasteiger partial charge is 0.254 e. The fourth-order valence-electron chi connectivity index (χ4n) is 4.09. The highest BCUT2D eigenvalue weighted by molar-refractivity contribution is 5.95. The maximum atomic E-state index is 13.1. The number of tetrazole rings is 1. The molecule has 142 valence electrons. The van der Waals surface area contributed by atoms with E-state index < -0.39 is 0 Å². The monoisotopic (exact) mass is 376 g/mol. The summed E-state index contributed by atoms with van der Waals surface area (Å²) < 4.78 is 7.76. The van der Waals surface area contributed by atoms with Crippen LogP contribution in [0.5, 0.6) is 5.75 Å². The van der Waals surface area contributed by atoms with Gasteiger partial charge < -0.3 is 15.4 Å². The Hall–Kier alpha value is -3.42. The van der Waals surface area contributed by atoms with E-state index in [1.165, 1.54) is 10.2 Å². The number of hydrogen-bond donors (Lipinski definition) is 1. The quantitative estimate of drug-likeness (QED) is 0.733. The maximum absolute atomic E-state index is 13.1. The van der Waals surface area contributed by atoms with Gasteiger partial charge in [-0.15, -0.1) is 0 Å². The second-order valence-corrected chi connectivity index (χ2v) is 7.37. The molecular weight excluding hydrogens is 356 g/mol. The first-order valence-corrected chi connectivity index (χ1v) is 9.34. The summed E-state index contributed by atoms with van der Waals surface area (Å²) >= 11 is 0. The van der Waals surface area contributed by atoms with Crippen LogP contribution in [0.25, 0.3) is 5.69 Å². The Morgan fingerprint density at radius 2 is 2.04 bits per heavy atom. The van der Waals surface area contributed by atoms with E-state index in [1.54, 1.807) is 12.1 Å². The lowest BCUT2D eigenvalue weighted by Crippen LogP contribution is -2.43. The first-order chi connectivity index (χ1) is 13.6. The Balaban J connectivity index is 1.36. The van der Waals surface area contributed by atoms with Crippen LogP contribution in [0.1, 0.15) is 28.8 Å². The number of amides is 1. The van der Waals surface area contributed by atoms with Crippen molar-refractivity contribution < 1.29 is 9.53 Å². The number of nitrogen functional groups attached to an aromatic ring is 1. The molecule has 0 bridgehead atoms. The topological polar surface area (TPSA) is 99.2 Å². The van der Waals surface area contributed by atoms with E-state index >= 15 is 0 Å². The number of carbonyl (C=O) groups excluding carboxylic acids is 1. The summed E-state index contributed by atoms with van der Waals surface area (Å²) in [5.74, 6) is 1.10. The highest BCUT2D eigenvalue weighted by Gasteiger charge is 2.44. The predicted octanol–water partition coefficient (Wildman–Crippen LogP) is 1.85. The predicted molar refractivity (Wildman–Crippen MR) is 102 cm³/mol. The molecule has 28 heavy (non-hydrogen) atoms. The maximum Gasteiger partial charge on any atom is 0.254 e. The third kappa shape index (κ3) is 2.77. The number of anilines is 1. The van der Waals surface area contributed by atoms with Crippen molar-refractivity contribution in [1.82, 2.24) is 25.1 Å². The number of nitrogens with zero attached hydrogens (tertiary/aromatic N) is 5. The van der Waals surface area contributed by atoms with Gasteiger partial charge in [0.25, 0.3) is 5.91 Å². The average Bonchev–Trinajstić information content (AvgIpc) is 3.34. The van der Waals surface area contributed by atoms with E-state index in [0.717, 1.165) is 25.0 Å². The number of ether oxygens (including phenoxy) is 1. The minimum Gasteiger partial charge on any atom is -0.485 e. The molecule has 5 rings (SSSR count). The SMILES string of the molecule is Nc1nnnn1-c1cccc(C(=O)N2CCC3(CCc4ccccc4O3)C2)c1. The lowest BCUT2D eigenvalue weighted by atomic mass is 9.90. The molecule has 8 heteroatoms. The van der Waals surface area contributed by atoms with Gasteiger partial charge in [-0.3, -0.25) is 4.79 Å². The standard InChI is InChI=1S/C20H20N6O2/c21-19-22-23-24-26(19)16-6-3-5-15(12-16)18(27)25-11-10-20(13-25)9-8-14-4-1-2-7-17(14)28-20/h1-7,12H,8-11,13H2,(H2,21,22,24). The number of para-hydroxylation sites is 1. The molecule has 1 amide bonds. The summed E-state index contributed by atoms with van der Waals surface area (Å²) in [6, 6.07) is 15.3. The van der Waals surface area contributed by atoms with Crippen molar-refractivity contribution in [2.75, 3.05) is 18.8 Å². The van der Waals surface area contributed by atoms with Crippen LogP contribution >= 0.6 is 0 Å². The zero-order chi connectivity index (χ0) is 19.1. The number of aryl methyl sites for hydroxylation is 1. The second kappa shape index (κ2) is 6.33. The Labute approximate surface area is 161 Å². The number of carbonyl (C=O) groups is 1. The van der Waals surface area contributed by atoms with E-state index in [2.05, 4.69) is 21.6 Å². The van der Waals surface area contributed by atoms with E-state index in [-0.39, 0.29) is 17.5 Å². The molecule has 1 unspecified atom stereocenters. The van der Waals surface area contributed by atoms with Gasteiger partial charge in [0.2, 0.25) is 5.95 Å². The van der Waals surface area contributed by atoms with Crippen LogP contribution in [0.2, 0.25) is 0 Å². The average molecular weight is 376 g/mol. The van der Waals surface area contributed by atoms with Gasteiger partial charge in [0, 0.05) is 18.5 Å². The Morgan fingerprint density at radius 3 is 2.89 bits per heavy atom. The second-order valence-electron chi connectivity index (χ2n) is 7.37. The molecule has 8 nitrogen and oxygen atoms in total. The first-order valence-electron chi connectivity index (χ1n) is 9.34. The molecule has 2 aliphatic heterocycles. The number of fused-ring (bicyclic) bond motifs is 1. The van der Waals surface area contributed by atoms with Crippen LogP contribution in [-0.2, 0) is 6.42 Å². The number of rotatable bonds is 2. The number of likely N-dealkylation sites (tertiary alicyclic amines) is 1. The van der Waals surface area contributed by atoms with Crippen molar-refractivity contribution in [2.45, 2.75) is 24.9 Å². The molecule has 1 aromatic heterocycles. The van der Waals surface area contributed by atoms with Gasteiger partial charge in [0.1, 0.15) is 11.4 Å². The number of hydrogen-bond acceptors (Lipinski definition) is 6. The third-order valence-electron chi connectivity index (χ3n) is 5.58. The van der Waals surface area contributed by atoms with E-state index in [1.807, 2.05) is 35.2 Å². The van der Waals surface area contributed by atoms with Crippen molar-refractivity contribution in [3.63, 3.8) is 0 Å². The molecule has 3 aromatic rings. The Kier molecular flexibility index (Phi) is 3.78. The van der Waals surface area contributed by atoms with Gasteiger partial charge in [-0.1, -0.05) is 29.4 Å². The first kappa shape index (κ1) is 16.7. The largest absolute Gasteiger partial charge is 0.485 e. The Bertz CT molecular complexity index is 1050. The van der Waals surface area contributed by atoms with Crippen molar-refractivity contribution in [3.05, 3.63) is 59.7 Å². The minimum absolute atomic E-state index is 0.0205. The van der Waals surface area contributed by atoms with E-state index in [0.29, 0.717) is 24.3 Å². The van der Waals surface area contributed by atoms with Crippen LogP contribution in [-0.4, -0.2) is 49.7 Å². The fourth-order valence-corrected chi connectivity index (χ4v) is 4.09. The van der Waals surface area contributed by atoms with Crippen LogP contribution in [0.4, 0.5) is 5.95 Å². The van der Waals surface area contributed by atoms with Crippen LogP contribution in [0, 0.1) is 0 Å². The van der Waals surface area contributed by atoms with Crippen LogP contribution < -0.4 is 10.5 Å². The molecule has 1 spiro atoms. The zero-order valence-electron chi connectivity index (χ0n) is 15.3. The highest BCUT2D eigenvalue weighted by atomic mass is 16.5. The fraction of sp³-hybridized carbons (Fsp3) is 0.300. The van der Waals surface area contributed by atoms with Crippen molar-refractivity contribution in [3.8, 4) is 11.4 Å². The van der Waals surface area contributed by atoms with Crippen LogP contribution in [0.15, 0.2) is 48.5 Å². The molecule has 0 radical (unpaired) electrons. The van der Waals surface area contributed by atoms with Crippen molar-refractivity contribution in [1.29, 1.82) is 0 Å². The van der Waals surface area contributed by atoms with E-state index in [9.17, 15) is 4.79 Å². The van der Waals surface area contributed by atoms with Gasteiger partial charge in [-0.2, -0.15) is 4.68 Å². The summed E-state index contributed by atoms with van der Waals surface area (Å²) in [6.45, 7) is 1.27. The molecule has 2 aromatic carbocycles. The Morgan fingerprint density at radius 1 is 1.14 bits per heavy atom. The van der Waals surface area contributed by atoms with Gasteiger partial charge >= 0.3 is 0 Å². The third-order valence-corrected chi connectivity index (χ3v) is 5.58. The molecule has 2 aliphatic rings. The zero-order valence-corrected chi connectivity index (χ0v) is 15.3. The normalized spacial score (nSPS) is 20.8. The lowest BCUT2D eigenvalue weighted by Gasteiger charge is -2.35. The van der Waals surface area contributed by atoms with Gasteiger partial charge in [-0.05, 0) is 53.1 Å². The summed E-state index contributed by atoms with van der Waals surface area (Å²) in [5.41, 5.74) is 7.96. The molecule has 1 saturated heterocycles. The molecule has 0 aliphatic carbocycles. The number of benzene rings is 2. The summed E-state index contributed by atoms with van der Waals surface area (Å²) in [7, 11) is 0. The van der Waals surface area contributed by atoms with Crippen molar-refractivity contribution in [2.24, 2.45) is 0 Å². The van der Waals surface area contributed by atoms with E-state index in [4.69, 9.17) is 10.5 Å². The van der Waals surface area contributed by atoms with Crippen LogP contribution in [0.3, 0.4) is 0 Å². The molecule has 0 saturated carbocycles. The van der Waals surface area contributed by atoms with Gasteiger partial charge in [0.15, 0.2) is 0 Å². The highest BCUT2D eigenvalue weighted by Crippen LogP contribution is 2.38. The molecule has 2 N–H and O–H groups in total. The number of nitrogens with two attached hydrogens (primary N) is 1. The van der Waals surface area contributed by atoms with Gasteiger partial charge in [-0.25, -0.2) is 0 Å². The molecule has 3 heterocycles. The molecular formula is C20H20N6O2. The number of aromatic nitrogens is 4.